The number of hydrogen-bond donors (Lipinski definition) is 1. The van der Waals surface area contributed by atoms with E-state index in [2.05, 4.69) is 15.2 Å². The second-order valence-corrected chi connectivity index (χ2v) is 6.26. The molecule has 0 radical (unpaired) electrons. The number of fused-ring (bicyclic) bond motifs is 1. The highest BCUT2D eigenvalue weighted by Gasteiger charge is 2.18. The average molecular weight is 330 g/mol. The second kappa shape index (κ2) is 7.77. The van der Waals surface area contributed by atoms with Crippen LogP contribution in [0.2, 0.25) is 0 Å². The maximum absolute atomic E-state index is 12.6. The molecular weight excluding hydrogens is 304 g/mol. The van der Waals surface area contributed by atoms with Crippen molar-refractivity contribution in [2.24, 2.45) is 0 Å². The smallest absolute Gasteiger partial charge is 0.270 e. The molecule has 2 aromatic heterocycles. The summed E-state index contributed by atoms with van der Waals surface area (Å²) in [5.41, 5.74) is 3.50. The van der Waals surface area contributed by atoms with Crippen molar-refractivity contribution >= 4 is 11.6 Å². The Morgan fingerprint density at radius 3 is 2.92 bits per heavy atom. The van der Waals surface area contributed by atoms with Crippen LogP contribution in [0.5, 0.6) is 0 Å². The molecule has 6 nitrogen and oxygen atoms in total. The Bertz CT molecular complexity index is 704. The monoisotopic (exact) mass is 330 g/mol. The normalized spacial score (nSPS) is 15.8. The Balaban J connectivity index is 1.61. The number of amides is 1. The highest BCUT2D eigenvalue weighted by molar-refractivity contribution is 5.94. The van der Waals surface area contributed by atoms with Gasteiger partial charge in [0.05, 0.1) is 18.9 Å². The van der Waals surface area contributed by atoms with Gasteiger partial charge in [-0.25, -0.2) is 4.98 Å². The molecule has 1 N–H and O–H groups in total. The van der Waals surface area contributed by atoms with E-state index in [4.69, 9.17) is 4.74 Å². The molecule has 1 amide bonds. The number of imidazole rings is 1. The summed E-state index contributed by atoms with van der Waals surface area (Å²) >= 11 is 0. The van der Waals surface area contributed by atoms with Gasteiger partial charge in [0, 0.05) is 25.8 Å². The van der Waals surface area contributed by atoms with Crippen molar-refractivity contribution in [1.82, 2.24) is 19.6 Å². The van der Waals surface area contributed by atoms with Gasteiger partial charge < -0.3 is 10.1 Å². The predicted molar refractivity (Wildman–Crippen MR) is 93.5 cm³/mol. The van der Waals surface area contributed by atoms with Gasteiger partial charge in [-0.2, -0.15) is 0 Å². The number of ether oxygens (including phenoxy) is 1. The van der Waals surface area contributed by atoms with Gasteiger partial charge in [-0.05, 0) is 44.0 Å². The van der Waals surface area contributed by atoms with E-state index >= 15 is 0 Å². The molecule has 1 aliphatic heterocycles. The lowest BCUT2D eigenvalue weighted by Gasteiger charge is -2.26. The van der Waals surface area contributed by atoms with Crippen LogP contribution < -0.4 is 5.32 Å². The molecule has 0 spiro atoms. The summed E-state index contributed by atoms with van der Waals surface area (Å²) in [5.74, 6) is -0.0369. The van der Waals surface area contributed by atoms with Gasteiger partial charge in [0.2, 0.25) is 0 Å². The Morgan fingerprint density at radius 2 is 2.17 bits per heavy atom. The van der Waals surface area contributed by atoms with Gasteiger partial charge in [-0.15, -0.1) is 0 Å². The van der Waals surface area contributed by atoms with Gasteiger partial charge in [0.15, 0.2) is 0 Å². The Morgan fingerprint density at radius 1 is 1.38 bits per heavy atom. The lowest BCUT2D eigenvalue weighted by atomic mass is 10.2. The van der Waals surface area contributed by atoms with Crippen molar-refractivity contribution in [3.05, 3.63) is 35.3 Å². The van der Waals surface area contributed by atoms with Crippen LogP contribution in [-0.4, -0.2) is 59.6 Å². The Labute approximate surface area is 142 Å². The fourth-order valence-corrected chi connectivity index (χ4v) is 3.10. The predicted octanol–water partition coefficient (Wildman–Crippen LogP) is 1.66. The molecule has 2 aromatic rings. The van der Waals surface area contributed by atoms with Crippen LogP contribution in [0.4, 0.5) is 0 Å². The fourth-order valence-electron chi connectivity index (χ4n) is 3.10. The number of carbonyl (C=O) groups excluding carboxylic acids is 1. The molecule has 1 saturated heterocycles. The minimum atomic E-state index is -0.0369. The summed E-state index contributed by atoms with van der Waals surface area (Å²) in [6.45, 7) is 9.34. The minimum absolute atomic E-state index is 0.0369. The molecular formula is C18H26N4O2. The van der Waals surface area contributed by atoms with Crippen molar-refractivity contribution in [2.75, 3.05) is 39.4 Å². The third-order valence-corrected chi connectivity index (χ3v) is 4.44. The number of carbonyl (C=O) groups is 1. The zero-order valence-electron chi connectivity index (χ0n) is 14.5. The molecule has 0 unspecified atom stereocenters. The lowest BCUT2D eigenvalue weighted by molar-refractivity contribution is 0.0374. The Hall–Kier alpha value is -1.92. The summed E-state index contributed by atoms with van der Waals surface area (Å²) in [7, 11) is 0. The highest BCUT2D eigenvalue weighted by atomic mass is 16.5. The minimum Gasteiger partial charge on any atom is -0.379 e. The van der Waals surface area contributed by atoms with Crippen LogP contribution in [-0.2, 0) is 11.2 Å². The first kappa shape index (κ1) is 16.9. The quantitative estimate of drug-likeness (QED) is 0.819. The topological polar surface area (TPSA) is 58.9 Å². The maximum atomic E-state index is 12.6. The third kappa shape index (κ3) is 3.76. The molecule has 24 heavy (non-hydrogen) atoms. The zero-order chi connectivity index (χ0) is 16.9. The first-order valence-corrected chi connectivity index (χ1v) is 8.75. The van der Waals surface area contributed by atoms with E-state index in [1.165, 1.54) is 0 Å². The van der Waals surface area contributed by atoms with Crippen molar-refractivity contribution in [2.45, 2.75) is 26.7 Å². The standard InChI is InChI=1S/C18H26N4O2/c1-3-15-17(22-8-5-14(2)13-16(22)20-15)18(23)19-6-4-7-21-9-11-24-12-10-21/h5,8,13H,3-4,6-7,9-12H2,1-2H3,(H,19,23). The number of nitrogens with one attached hydrogen (secondary N) is 1. The van der Waals surface area contributed by atoms with E-state index in [-0.39, 0.29) is 5.91 Å². The summed E-state index contributed by atoms with van der Waals surface area (Å²) in [5, 5.41) is 3.05. The number of hydrogen-bond acceptors (Lipinski definition) is 4. The average Bonchev–Trinajstić information content (AvgIpc) is 2.97. The first-order valence-electron chi connectivity index (χ1n) is 8.75. The van der Waals surface area contributed by atoms with E-state index in [1.54, 1.807) is 0 Å². The van der Waals surface area contributed by atoms with Gasteiger partial charge in [-0.1, -0.05) is 6.92 Å². The molecule has 3 rings (SSSR count). The zero-order valence-corrected chi connectivity index (χ0v) is 14.5. The SMILES string of the molecule is CCc1nc2cc(C)ccn2c1C(=O)NCCCN1CCOCC1. The maximum Gasteiger partial charge on any atom is 0.270 e. The van der Waals surface area contributed by atoms with Gasteiger partial charge in [-0.3, -0.25) is 14.1 Å². The summed E-state index contributed by atoms with van der Waals surface area (Å²) in [6.07, 6.45) is 3.62. The highest BCUT2D eigenvalue weighted by Crippen LogP contribution is 2.15. The molecule has 0 atom stereocenters. The van der Waals surface area contributed by atoms with E-state index in [0.29, 0.717) is 12.2 Å². The molecule has 0 aromatic carbocycles. The van der Waals surface area contributed by atoms with E-state index < -0.39 is 0 Å². The molecule has 3 heterocycles. The number of rotatable bonds is 6. The molecule has 0 aliphatic carbocycles. The van der Waals surface area contributed by atoms with E-state index in [0.717, 1.165) is 62.6 Å². The van der Waals surface area contributed by atoms with Crippen molar-refractivity contribution in [3.63, 3.8) is 0 Å². The van der Waals surface area contributed by atoms with Crippen molar-refractivity contribution in [1.29, 1.82) is 0 Å². The number of aryl methyl sites for hydroxylation is 2. The van der Waals surface area contributed by atoms with Crippen LogP contribution in [0.3, 0.4) is 0 Å². The van der Waals surface area contributed by atoms with Crippen LogP contribution in [0, 0.1) is 6.92 Å². The number of nitrogens with zero attached hydrogens (tertiary/aromatic N) is 3. The third-order valence-electron chi connectivity index (χ3n) is 4.44. The number of aromatic nitrogens is 2. The van der Waals surface area contributed by atoms with Crippen LogP contribution in [0.1, 0.15) is 35.1 Å². The summed E-state index contributed by atoms with van der Waals surface area (Å²) in [6, 6.07) is 4.01. The number of morpholine rings is 1. The van der Waals surface area contributed by atoms with Gasteiger partial charge in [0.1, 0.15) is 11.3 Å². The molecule has 1 aliphatic rings. The summed E-state index contributed by atoms with van der Waals surface area (Å²) in [4.78, 5) is 19.6. The molecule has 130 valence electrons. The van der Waals surface area contributed by atoms with Crippen molar-refractivity contribution < 1.29 is 9.53 Å². The van der Waals surface area contributed by atoms with Crippen LogP contribution >= 0.6 is 0 Å². The van der Waals surface area contributed by atoms with Crippen molar-refractivity contribution in [3.8, 4) is 0 Å². The van der Waals surface area contributed by atoms with Crippen LogP contribution in [0.15, 0.2) is 18.3 Å². The second-order valence-electron chi connectivity index (χ2n) is 6.26. The van der Waals surface area contributed by atoms with E-state index in [9.17, 15) is 4.79 Å². The molecule has 0 bridgehead atoms. The van der Waals surface area contributed by atoms with Gasteiger partial charge >= 0.3 is 0 Å². The largest absolute Gasteiger partial charge is 0.379 e. The number of pyridine rings is 1. The molecule has 6 heteroatoms. The lowest BCUT2D eigenvalue weighted by Crippen LogP contribution is -2.38. The van der Waals surface area contributed by atoms with Gasteiger partial charge in [0.25, 0.3) is 5.91 Å². The van der Waals surface area contributed by atoms with E-state index in [1.807, 2.05) is 36.6 Å². The molecule has 0 saturated carbocycles. The summed E-state index contributed by atoms with van der Waals surface area (Å²) < 4.78 is 7.24. The fraction of sp³-hybridized carbons (Fsp3) is 0.556. The first-order chi connectivity index (χ1) is 11.7. The molecule has 1 fully saturated rings. The van der Waals surface area contributed by atoms with Crippen LogP contribution in [0.25, 0.3) is 5.65 Å². The Kier molecular flexibility index (Phi) is 5.48.